The third-order valence-electron chi connectivity index (χ3n) is 4.85. The van der Waals surface area contributed by atoms with Crippen molar-refractivity contribution >= 4 is 32.6 Å². The first-order valence-corrected chi connectivity index (χ1v) is 9.99. The Morgan fingerprint density at radius 1 is 1.18 bits per heavy atom. The molecule has 1 amide bonds. The van der Waals surface area contributed by atoms with Crippen LogP contribution in [0.5, 0.6) is 0 Å². The van der Waals surface area contributed by atoms with Gasteiger partial charge in [0.2, 0.25) is 0 Å². The molecule has 142 valence electrons. The van der Waals surface area contributed by atoms with E-state index >= 15 is 0 Å². The number of hydrogen-bond donors (Lipinski definition) is 0. The number of pyridine rings is 1. The molecule has 0 spiro atoms. The molecule has 0 atom stereocenters. The average molecular weight is 392 g/mol. The lowest BCUT2D eigenvalue weighted by Crippen LogP contribution is -2.32. The quantitative estimate of drug-likeness (QED) is 0.507. The van der Waals surface area contributed by atoms with Crippen molar-refractivity contribution in [2.45, 2.75) is 33.9 Å². The second kappa shape index (κ2) is 7.52. The number of carbonyl (C=O) groups excluding carboxylic acids is 1. The molecule has 1 aromatic carbocycles. The Morgan fingerprint density at radius 3 is 2.79 bits per heavy atom. The SMILES string of the molecule is CCn1nccc1C(=O)N(Cc1cccnc1)c1nc2c(C)c(C)ccc2s1. The van der Waals surface area contributed by atoms with Crippen LogP contribution in [0.25, 0.3) is 10.2 Å². The smallest absolute Gasteiger partial charge is 0.278 e. The lowest BCUT2D eigenvalue weighted by Gasteiger charge is -2.20. The van der Waals surface area contributed by atoms with Crippen molar-refractivity contribution in [2.24, 2.45) is 0 Å². The number of fused-ring (bicyclic) bond motifs is 1. The van der Waals surface area contributed by atoms with Gasteiger partial charge in [0.15, 0.2) is 5.13 Å². The number of rotatable bonds is 5. The molecule has 3 aromatic heterocycles. The topological polar surface area (TPSA) is 63.9 Å². The second-order valence-electron chi connectivity index (χ2n) is 6.64. The molecule has 0 bridgehead atoms. The van der Waals surface area contributed by atoms with E-state index in [9.17, 15) is 4.79 Å². The molecule has 0 N–H and O–H groups in total. The van der Waals surface area contributed by atoms with Crippen molar-refractivity contribution < 1.29 is 4.79 Å². The molecule has 0 aliphatic rings. The lowest BCUT2D eigenvalue weighted by molar-refractivity contribution is 0.0975. The van der Waals surface area contributed by atoms with Crippen molar-refractivity contribution in [3.05, 3.63) is 71.3 Å². The van der Waals surface area contributed by atoms with E-state index in [-0.39, 0.29) is 5.91 Å². The molecular formula is C21H21N5OS. The van der Waals surface area contributed by atoms with Crippen LogP contribution in [0.15, 0.2) is 48.9 Å². The van der Waals surface area contributed by atoms with Crippen molar-refractivity contribution in [3.8, 4) is 0 Å². The molecule has 0 saturated heterocycles. The van der Waals surface area contributed by atoms with Crippen LogP contribution in [-0.2, 0) is 13.1 Å². The Balaban J connectivity index is 1.81. The third kappa shape index (κ3) is 3.29. The Labute approximate surface area is 167 Å². The predicted molar refractivity (Wildman–Crippen MR) is 112 cm³/mol. The molecule has 4 rings (SSSR count). The van der Waals surface area contributed by atoms with Crippen LogP contribution >= 0.6 is 11.3 Å². The first kappa shape index (κ1) is 18.3. The molecule has 0 aliphatic carbocycles. The fraction of sp³-hybridized carbons (Fsp3) is 0.238. The Kier molecular flexibility index (Phi) is 4.92. The van der Waals surface area contributed by atoms with Crippen molar-refractivity contribution in [3.63, 3.8) is 0 Å². The summed E-state index contributed by atoms with van der Waals surface area (Å²) in [7, 11) is 0. The van der Waals surface area contributed by atoms with Crippen molar-refractivity contribution in [2.75, 3.05) is 4.90 Å². The fourth-order valence-corrected chi connectivity index (χ4v) is 4.16. The minimum atomic E-state index is -0.114. The van der Waals surface area contributed by atoms with E-state index in [2.05, 4.69) is 36.1 Å². The molecule has 0 unspecified atom stereocenters. The Hall–Kier alpha value is -3.06. The van der Waals surface area contributed by atoms with Gasteiger partial charge in [0.25, 0.3) is 5.91 Å². The molecule has 4 aromatic rings. The Bertz CT molecular complexity index is 1130. The molecule has 0 fully saturated rings. The zero-order valence-corrected chi connectivity index (χ0v) is 16.9. The van der Waals surface area contributed by atoms with Gasteiger partial charge in [0.1, 0.15) is 5.69 Å². The van der Waals surface area contributed by atoms with Crippen LogP contribution in [0.4, 0.5) is 5.13 Å². The van der Waals surface area contributed by atoms with E-state index in [1.54, 1.807) is 34.2 Å². The third-order valence-corrected chi connectivity index (χ3v) is 5.89. The zero-order chi connectivity index (χ0) is 19.7. The highest BCUT2D eigenvalue weighted by Crippen LogP contribution is 2.33. The lowest BCUT2D eigenvalue weighted by atomic mass is 10.1. The molecule has 6 nitrogen and oxygen atoms in total. The number of anilines is 1. The predicted octanol–water partition coefficient (Wildman–Crippen LogP) is 4.37. The van der Waals surface area contributed by atoms with Crippen LogP contribution in [0, 0.1) is 13.8 Å². The summed E-state index contributed by atoms with van der Waals surface area (Å²) in [5.41, 5.74) is 4.79. The summed E-state index contributed by atoms with van der Waals surface area (Å²) in [5.74, 6) is -0.114. The van der Waals surface area contributed by atoms with Gasteiger partial charge in [-0.25, -0.2) is 4.98 Å². The average Bonchev–Trinajstić information content (AvgIpc) is 3.36. The highest BCUT2D eigenvalue weighted by Gasteiger charge is 2.24. The van der Waals surface area contributed by atoms with E-state index in [1.807, 2.05) is 19.1 Å². The summed E-state index contributed by atoms with van der Waals surface area (Å²) < 4.78 is 2.78. The van der Waals surface area contributed by atoms with Gasteiger partial charge in [0.05, 0.1) is 16.8 Å². The van der Waals surface area contributed by atoms with Crippen molar-refractivity contribution in [1.82, 2.24) is 19.7 Å². The maximum atomic E-state index is 13.4. The number of benzene rings is 1. The minimum absolute atomic E-state index is 0.114. The molecule has 28 heavy (non-hydrogen) atoms. The Morgan fingerprint density at radius 2 is 2.04 bits per heavy atom. The minimum Gasteiger partial charge on any atom is -0.278 e. The summed E-state index contributed by atoms with van der Waals surface area (Å²) in [5, 5.41) is 4.93. The highest BCUT2D eigenvalue weighted by molar-refractivity contribution is 7.22. The number of nitrogens with zero attached hydrogens (tertiary/aromatic N) is 5. The summed E-state index contributed by atoms with van der Waals surface area (Å²) in [6.45, 7) is 7.15. The van der Waals surface area contributed by atoms with Crippen LogP contribution in [0.3, 0.4) is 0 Å². The summed E-state index contributed by atoms with van der Waals surface area (Å²) >= 11 is 1.53. The molecule has 7 heteroatoms. The number of hydrogen-bond acceptors (Lipinski definition) is 5. The first-order chi connectivity index (χ1) is 13.6. The number of carbonyl (C=O) groups is 1. The van der Waals surface area contributed by atoms with Gasteiger partial charge >= 0.3 is 0 Å². The zero-order valence-electron chi connectivity index (χ0n) is 16.1. The van der Waals surface area contributed by atoms with Crippen LogP contribution in [-0.4, -0.2) is 25.7 Å². The molecule has 0 saturated carbocycles. The van der Waals surface area contributed by atoms with Gasteiger partial charge in [-0.05, 0) is 55.7 Å². The van der Waals surface area contributed by atoms with E-state index in [1.165, 1.54) is 16.9 Å². The maximum Gasteiger partial charge on any atom is 0.278 e. The monoisotopic (exact) mass is 391 g/mol. The summed E-state index contributed by atoms with van der Waals surface area (Å²) in [4.78, 5) is 24.2. The number of aromatic nitrogens is 4. The van der Waals surface area contributed by atoms with Crippen molar-refractivity contribution in [1.29, 1.82) is 0 Å². The standard InChI is InChI=1S/C21H21N5OS/c1-4-26-17(9-11-23-26)20(27)25(13-16-6-5-10-22-12-16)21-24-19-15(3)14(2)7-8-18(19)28-21/h5-12H,4,13H2,1-3H3. The van der Waals surface area contributed by atoms with Gasteiger partial charge in [-0.2, -0.15) is 5.10 Å². The molecule has 0 radical (unpaired) electrons. The number of aryl methyl sites for hydroxylation is 3. The molecular weight excluding hydrogens is 370 g/mol. The molecule has 3 heterocycles. The van der Waals surface area contributed by atoms with E-state index in [0.29, 0.717) is 23.9 Å². The second-order valence-corrected chi connectivity index (χ2v) is 7.64. The van der Waals surface area contributed by atoms with Gasteiger partial charge in [0, 0.05) is 25.1 Å². The molecule has 0 aliphatic heterocycles. The van der Waals surface area contributed by atoms with Gasteiger partial charge in [-0.3, -0.25) is 19.4 Å². The van der Waals surface area contributed by atoms with Crippen LogP contribution in [0.2, 0.25) is 0 Å². The van der Waals surface area contributed by atoms with E-state index in [0.717, 1.165) is 21.3 Å². The normalized spacial score (nSPS) is 11.1. The van der Waals surface area contributed by atoms with Gasteiger partial charge < -0.3 is 0 Å². The largest absolute Gasteiger partial charge is 0.278 e. The summed E-state index contributed by atoms with van der Waals surface area (Å²) in [6, 6.07) is 9.76. The number of amides is 1. The fourth-order valence-electron chi connectivity index (χ4n) is 3.13. The van der Waals surface area contributed by atoms with Gasteiger partial charge in [-0.1, -0.05) is 23.5 Å². The van der Waals surface area contributed by atoms with E-state index in [4.69, 9.17) is 4.98 Å². The van der Waals surface area contributed by atoms with Gasteiger partial charge in [-0.15, -0.1) is 0 Å². The maximum absolute atomic E-state index is 13.4. The first-order valence-electron chi connectivity index (χ1n) is 9.17. The number of thiazole rings is 1. The highest BCUT2D eigenvalue weighted by atomic mass is 32.1. The van der Waals surface area contributed by atoms with Crippen LogP contribution in [0.1, 0.15) is 34.1 Å². The van der Waals surface area contributed by atoms with E-state index < -0.39 is 0 Å². The van der Waals surface area contributed by atoms with Crippen LogP contribution < -0.4 is 4.90 Å². The summed E-state index contributed by atoms with van der Waals surface area (Å²) in [6.07, 6.45) is 5.16.